The molecule has 0 atom stereocenters. The van der Waals surface area contributed by atoms with Gasteiger partial charge in [-0.2, -0.15) is 0 Å². The molecule has 1 aromatic carbocycles. The van der Waals surface area contributed by atoms with E-state index in [-0.39, 0.29) is 5.41 Å². The molecule has 0 unspecified atom stereocenters. The average molecular weight is 284 g/mol. The second-order valence-electron chi connectivity index (χ2n) is 5.89. The van der Waals surface area contributed by atoms with E-state index in [1.165, 1.54) is 0 Å². The van der Waals surface area contributed by atoms with E-state index in [0.29, 0.717) is 12.3 Å². The molecule has 0 aliphatic heterocycles. The van der Waals surface area contributed by atoms with Crippen molar-refractivity contribution in [2.45, 2.75) is 32.7 Å². The zero-order chi connectivity index (χ0) is 15.3. The summed E-state index contributed by atoms with van der Waals surface area (Å²) in [6.07, 6.45) is 3.13. The van der Waals surface area contributed by atoms with E-state index in [0.717, 1.165) is 11.1 Å². The smallest absolute Gasteiger partial charge is 0.410 e. The van der Waals surface area contributed by atoms with Gasteiger partial charge in [0.2, 0.25) is 0 Å². The van der Waals surface area contributed by atoms with E-state index < -0.39 is 6.09 Å². The largest absolute Gasteiger partial charge is 0.412 e. The highest BCUT2D eigenvalue weighted by Gasteiger charge is 2.14. The summed E-state index contributed by atoms with van der Waals surface area (Å²) in [4.78, 5) is 15.9. The number of hydrogen-bond acceptors (Lipinski definition) is 3. The number of rotatable bonds is 3. The lowest BCUT2D eigenvalue weighted by Crippen LogP contribution is -2.26. The molecule has 0 radical (unpaired) electrons. The molecular formula is C17H20N2O2. The van der Waals surface area contributed by atoms with Crippen molar-refractivity contribution in [2.75, 3.05) is 0 Å². The zero-order valence-electron chi connectivity index (χ0n) is 12.6. The molecule has 0 saturated heterocycles. The van der Waals surface area contributed by atoms with Crippen LogP contribution in [0.2, 0.25) is 0 Å². The number of hydrogen-bond donors (Lipinski definition) is 1. The summed E-state index contributed by atoms with van der Waals surface area (Å²) >= 11 is 0. The Balaban J connectivity index is 1.92. The fourth-order valence-corrected chi connectivity index (χ4v) is 1.80. The number of para-hydroxylation sites is 1. The van der Waals surface area contributed by atoms with Crippen molar-refractivity contribution in [3.8, 4) is 5.75 Å². The number of nitrogens with zero attached hydrogens (tertiary/aromatic N) is 1. The number of carbonyl (C=O) groups excluding carboxylic acids is 1. The number of aromatic nitrogens is 1. The predicted octanol–water partition coefficient (Wildman–Crippen LogP) is 3.67. The Bertz CT molecular complexity index is 604. The molecule has 2 aromatic rings. The summed E-state index contributed by atoms with van der Waals surface area (Å²) in [6, 6.07) is 11.0. The van der Waals surface area contributed by atoms with E-state index in [4.69, 9.17) is 4.74 Å². The van der Waals surface area contributed by atoms with Crippen molar-refractivity contribution in [3.63, 3.8) is 0 Å². The molecule has 0 bridgehead atoms. The SMILES string of the molecule is CC(C)(C)c1cncc(CNC(=O)Oc2ccccc2)c1. The average Bonchev–Trinajstić information content (AvgIpc) is 2.46. The Morgan fingerprint density at radius 2 is 1.90 bits per heavy atom. The molecule has 21 heavy (non-hydrogen) atoms. The van der Waals surface area contributed by atoms with Crippen molar-refractivity contribution in [3.05, 3.63) is 59.9 Å². The van der Waals surface area contributed by atoms with Gasteiger partial charge < -0.3 is 10.1 Å². The number of ether oxygens (including phenoxy) is 1. The van der Waals surface area contributed by atoms with Crippen LogP contribution in [0.3, 0.4) is 0 Å². The van der Waals surface area contributed by atoms with Crippen LogP contribution in [0, 0.1) is 0 Å². The molecule has 2 rings (SSSR count). The first kappa shape index (κ1) is 15.0. The molecule has 0 fully saturated rings. The minimum Gasteiger partial charge on any atom is -0.410 e. The van der Waals surface area contributed by atoms with E-state index in [9.17, 15) is 4.79 Å². The van der Waals surface area contributed by atoms with Gasteiger partial charge in [-0.3, -0.25) is 4.98 Å². The van der Waals surface area contributed by atoms with Crippen LogP contribution in [0.5, 0.6) is 5.75 Å². The summed E-state index contributed by atoms with van der Waals surface area (Å²) in [7, 11) is 0. The Morgan fingerprint density at radius 3 is 2.57 bits per heavy atom. The van der Waals surface area contributed by atoms with Gasteiger partial charge in [0.05, 0.1) is 0 Å². The first-order chi connectivity index (χ1) is 9.95. The first-order valence-corrected chi connectivity index (χ1v) is 6.90. The number of pyridine rings is 1. The van der Waals surface area contributed by atoms with Crippen molar-refractivity contribution in [1.82, 2.24) is 10.3 Å². The van der Waals surface area contributed by atoms with Crippen molar-refractivity contribution < 1.29 is 9.53 Å². The van der Waals surface area contributed by atoms with Gasteiger partial charge in [0.15, 0.2) is 0 Å². The molecule has 110 valence electrons. The summed E-state index contributed by atoms with van der Waals surface area (Å²) in [5.41, 5.74) is 2.12. The van der Waals surface area contributed by atoms with Crippen molar-refractivity contribution in [1.29, 1.82) is 0 Å². The Labute approximate surface area is 125 Å². The lowest BCUT2D eigenvalue weighted by Gasteiger charge is -2.19. The van der Waals surface area contributed by atoms with Crippen molar-refractivity contribution in [2.24, 2.45) is 0 Å². The first-order valence-electron chi connectivity index (χ1n) is 6.90. The van der Waals surface area contributed by atoms with Gasteiger partial charge in [-0.05, 0) is 28.7 Å². The molecule has 0 aliphatic carbocycles. The fourth-order valence-electron chi connectivity index (χ4n) is 1.80. The van der Waals surface area contributed by atoms with Gasteiger partial charge in [0, 0.05) is 18.9 Å². The second-order valence-corrected chi connectivity index (χ2v) is 5.89. The maximum atomic E-state index is 11.7. The summed E-state index contributed by atoms with van der Waals surface area (Å²) < 4.78 is 5.16. The number of benzene rings is 1. The summed E-state index contributed by atoms with van der Waals surface area (Å²) in [5, 5.41) is 2.72. The fraction of sp³-hybridized carbons (Fsp3) is 0.294. The van der Waals surface area contributed by atoms with E-state index in [1.54, 1.807) is 18.3 Å². The summed E-state index contributed by atoms with van der Waals surface area (Å²) in [5.74, 6) is 0.525. The minimum atomic E-state index is -0.470. The number of amides is 1. The molecule has 0 saturated carbocycles. The molecule has 1 aromatic heterocycles. The van der Waals surface area contributed by atoms with Gasteiger partial charge in [-0.1, -0.05) is 45.0 Å². The highest BCUT2D eigenvalue weighted by atomic mass is 16.5. The Kier molecular flexibility index (Phi) is 4.58. The van der Waals surface area contributed by atoms with Crippen LogP contribution in [0.1, 0.15) is 31.9 Å². The van der Waals surface area contributed by atoms with Gasteiger partial charge in [0.1, 0.15) is 5.75 Å². The van der Waals surface area contributed by atoms with Gasteiger partial charge in [-0.25, -0.2) is 4.79 Å². The van der Waals surface area contributed by atoms with Gasteiger partial charge >= 0.3 is 6.09 Å². The molecular weight excluding hydrogens is 264 g/mol. The lowest BCUT2D eigenvalue weighted by atomic mass is 9.88. The number of nitrogens with one attached hydrogen (secondary N) is 1. The molecule has 1 N–H and O–H groups in total. The monoisotopic (exact) mass is 284 g/mol. The van der Waals surface area contributed by atoms with Crippen LogP contribution >= 0.6 is 0 Å². The minimum absolute atomic E-state index is 0.0353. The van der Waals surface area contributed by atoms with E-state index >= 15 is 0 Å². The number of carbonyl (C=O) groups is 1. The normalized spacial score (nSPS) is 11.0. The van der Waals surface area contributed by atoms with E-state index in [1.807, 2.05) is 24.4 Å². The third-order valence-corrected chi connectivity index (χ3v) is 3.05. The van der Waals surface area contributed by atoms with Crippen LogP contribution < -0.4 is 10.1 Å². The maximum absolute atomic E-state index is 11.7. The van der Waals surface area contributed by atoms with Gasteiger partial charge in [0.25, 0.3) is 0 Å². The zero-order valence-corrected chi connectivity index (χ0v) is 12.6. The standard InChI is InChI=1S/C17H20N2O2/c1-17(2,3)14-9-13(10-18-12-14)11-19-16(20)21-15-7-5-4-6-8-15/h4-10,12H,11H2,1-3H3,(H,19,20). The molecule has 0 spiro atoms. The molecule has 1 amide bonds. The second kappa shape index (κ2) is 6.39. The molecule has 4 nitrogen and oxygen atoms in total. The van der Waals surface area contributed by atoms with Crippen LogP contribution in [-0.2, 0) is 12.0 Å². The van der Waals surface area contributed by atoms with Gasteiger partial charge in [-0.15, -0.1) is 0 Å². The Hall–Kier alpha value is -2.36. The lowest BCUT2D eigenvalue weighted by molar-refractivity contribution is 0.200. The van der Waals surface area contributed by atoms with Crippen LogP contribution in [0.4, 0.5) is 4.79 Å². The third kappa shape index (κ3) is 4.60. The van der Waals surface area contributed by atoms with Crippen LogP contribution in [-0.4, -0.2) is 11.1 Å². The predicted molar refractivity (Wildman–Crippen MR) is 82.2 cm³/mol. The van der Waals surface area contributed by atoms with E-state index in [2.05, 4.69) is 37.1 Å². The maximum Gasteiger partial charge on any atom is 0.412 e. The molecule has 1 heterocycles. The summed E-state index contributed by atoms with van der Waals surface area (Å²) in [6.45, 7) is 6.78. The Morgan fingerprint density at radius 1 is 1.19 bits per heavy atom. The van der Waals surface area contributed by atoms with Crippen LogP contribution in [0.25, 0.3) is 0 Å². The topological polar surface area (TPSA) is 51.2 Å². The van der Waals surface area contributed by atoms with Crippen molar-refractivity contribution >= 4 is 6.09 Å². The quantitative estimate of drug-likeness (QED) is 0.935. The molecule has 0 aliphatic rings. The highest BCUT2D eigenvalue weighted by Crippen LogP contribution is 2.21. The highest BCUT2D eigenvalue weighted by molar-refractivity contribution is 5.70. The van der Waals surface area contributed by atoms with Crippen LogP contribution in [0.15, 0.2) is 48.8 Å². The molecule has 4 heteroatoms. The third-order valence-electron chi connectivity index (χ3n) is 3.05.